The lowest BCUT2D eigenvalue weighted by Gasteiger charge is -2.19. The van der Waals surface area contributed by atoms with Gasteiger partial charge in [0.15, 0.2) is 6.79 Å². The molecule has 36 heavy (non-hydrogen) atoms. The molecule has 0 radical (unpaired) electrons. The third-order valence-corrected chi connectivity index (χ3v) is 7.09. The Labute approximate surface area is 221 Å². The van der Waals surface area contributed by atoms with Crippen LogP contribution in [-0.2, 0) is 38.0 Å². The van der Waals surface area contributed by atoms with Gasteiger partial charge in [-0.25, -0.2) is 4.21 Å². The van der Waals surface area contributed by atoms with Crippen LogP contribution in [0.2, 0.25) is 0 Å². The zero-order chi connectivity index (χ0) is 26.2. The smallest absolute Gasteiger partial charge is 0.290 e. The van der Waals surface area contributed by atoms with E-state index in [1.807, 2.05) is 16.4 Å². The second-order valence-corrected chi connectivity index (χ2v) is 10.4. The maximum atomic E-state index is 12.5. The van der Waals surface area contributed by atoms with Crippen molar-refractivity contribution in [1.29, 1.82) is 0 Å². The van der Waals surface area contributed by atoms with Gasteiger partial charge in [-0.15, -0.1) is 0 Å². The summed E-state index contributed by atoms with van der Waals surface area (Å²) in [7, 11) is 0. The van der Waals surface area contributed by atoms with Gasteiger partial charge in [0.25, 0.3) is 11.3 Å². The van der Waals surface area contributed by atoms with Crippen molar-refractivity contribution in [3.05, 3.63) is 54.1 Å². The van der Waals surface area contributed by atoms with Gasteiger partial charge in [-0.1, -0.05) is 39.8 Å². The van der Waals surface area contributed by atoms with E-state index in [0.717, 1.165) is 57.4 Å². The fourth-order valence-electron chi connectivity index (χ4n) is 3.28. The molecule has 0 spiro atoms. The second kappa shape index (κ2) is 17.6. The van der Waals surface area contributed by atoms with Crippen molar-refractivity contribution >= 4 is 22.3 Å². The zero-order valence-electron chi connectivity index (χ0n) is 21.9. The van der Waals surface area contributed by atoms with Gasteiger partial charge in [0, 0.05) is 26.2 Å². The quantitative estimate of drug-likeness (QED) is 0.134. The Morgan fingerprint density at radius 3 is 1.83 bits per heavy atom. The Morgan fingerprint density at radius 1 is 0.722 bits per heavy atom. The number of benzene rings is 2. The molecule has 10 heteroatoms. The van der Waals surface area contributed by atoms with Crippen molar-refractivity contribution < 1.29 is 26.4 Å². The molecule has 2 aromatic rings. The lowest BCUT2D eigenvalue weighted by atomic mass is 10.2. The highest BCUT2D eigenvalue weighted by Gasteiger charge is 2.14. The lowest BCUT2D eigenvalue weighted by molar-refractivity contribution is -0.0443. The molecule has 2 rings (SSSR count). The Bertz CT molecular complexity index is 900. The first-order valence-electron chi connectivity index (χ1n) is 12.6. The predicted octanol–water partition coefficient (Wildman–Crippen LogP) is 5.40. The summed E-state index contributed by atoms with van der Waals surface area (Å²) in [6, 6.07) is 14.3. The van der Waals surface area contributed by atoms with E-state index >= 15 is 0 Å². The predicted molar refractivity (Wildman–Crippen MR) is 144 cm³/mol. The lowest BCUT2D eigenvalue weighted by Crippen LogP contribution is -2.30. The molecule has 0 amide bonds. The summed E-state index contributed by atoms with van der Waals surface area (Å²) >= 11 is -3.05. The number of hydrogen-bond donors (Lipinski definition) is 0. The number of nitrogens with zero attached hydrogens (tertiary/aromatic N) is 2. The molecular formula is C26H40N2O6S2. The van der Waals surface area contributed by atoms with Crippen LogP contribution < -0.4 is 8.92 Å². The van der Waals surface area contributed by atoms with Crippen molar-refractivity contribution in [2.24, 2.45) is 0 Å². The van der Waals surface area contributed by atoms with Crippen LogP contribution in [0.3, 0.4) is 0 Å². The molecular weight excluding hydrogens is 500 g/mol. The van der Waals surface area contributed by atoms with Crippen LogP contribution >= 0.6 is 0 Å². The van der Waals surface area contributed by atoms with Crippen LogP contribution in [0.5, 0.6) is 11.5 Å². The first-order valence-corrected chi connectivity index (χ1v) is 14.7. The van der Waals surface area contributed by atoms with Gasteiger partial charge in [0.1, 0.15) is 11.5 Å². The Balaban J connectivity index is 1.75. The molecule has 202 valence electrons. The van der Waals surface area contributed by atoms with Gasteiger partial charge in [0.2, 0.25) is 11.1 Å². The molecule has 0 saturated heterocycles. The highest BCUT2D eigenvalue weighted by molar-refractivity contribution is 7.80. The van der Waals surface area contributed by atoms with Crippen molar-refractivity contribution in [3.63, 3.8) is 0 Å². The summed E-state index contributed by atoms with van der Waals surface area (Å²) in [5.74, 6) is 1.14. The summed E-state index contributed by atoms with van der Waals surface area (Å²) in [5.41, 5.74) is 0.938. The minimum Gasteiger partial charge on any atom is -0.468 e. The van der Waals surface area contributed by atoms with Gasteiger partial charge in [0.05, 0.1) is 11.5 Å². The highest BCUT2D eigenvalue weighted by Crippen LogP contribution is 2.19. The Kier molecular flexibility index (Phi) is 14.9. The third kappa shape index (κ3) is 11.1. The van der Waals surface area contributed by atoms with Gasteiger partial charge >= 0.3 is 0 Å². The van der Waals surface area contributed by atoms with E-state index < -0.39 is 22.3 Å². The van der Waals surface area contributed by atoms with Crippen molar-refractivity contribution in [2.75, 3.05) is 33.0 Å². The topological polar surface area (TPSA) is 77.5 Å². The fourth-order valence-corrected chi connectivity index (χ4v) is 5.11. The molecule has 0 aliphatic heterocycles. The summed E-state index contributed by atoms with van der Waals surface area (Å²) in [4.78, 5) is 0.614. The number of ether oxygens (including phenoxy) is 2. The monoisotopic (exact) mass is 540 g/mol. The highest BCUT2D eigenvalue weighted by atomic mass is 32.2. The molecule has 0 heterocycles. The first kappa shape index (κ1) is 30.4. The minimum absolute atomic E-state index is 0.0761. The van der Waals surface area contributed by atoms with E-state index in [1.165, 1.54) is 0 Å². The SMILES string of the molecule is CCCN(CCC)O[S@](=O)c1ccc(COCOc2ccc(O[S@@](=O)N(CCC)CCC)cc2)cc1. The molecule has 0 bridgehead atoms. The summed E-state index contributed by atoms with van der Waals surface area (Å²) in [6.07, 6.45) is 3.70. The summed E-state index contributed by atoms with van der Waals surface area (Å²) < 4.78 is 49.1. The van der Waals surface area contributed by atoms with Gasteiger partial charge in [-0.3, -0.25) is 0 Å². The Morgan fingerprint density at radius 2 is 1.28 bits per heavy atom. The van der Waals surface area contributed by atoms with E-state index in [-0.39, 0.29) is 6.79 Å². The van der Waals surface area contributed by atoms with Crippen molar-refractivity contribution in [3.8, 4) is 11.5 Å². The van der Waals surface area contributed by atoms with Gasteiger partial charge in [-0.05, 0) is 67.6 Å². The number of hydrogen-bond acceptors (Lipinski definition) is 7. The molecule has 0 aliphatic carbocycles. The first-order chi connectivity index (χ1) is 17.5. The number of hydroxylamine groups is 2. The summed E-state index contributed by atoms with van der Waals surface area (Å²) in [6.45, 7) is 11.6. The minimum atomic E-state index is -1.54. The van der Waals surface area contributed by atoms with Gasteiger partial charge in [-0.2, -0.15) is 17.9 Å². The molecule has 0 fully saturated rings. The molecule has 2 aromatic carbocycles. The van der Waals surface area contributed by atoms with E-state index in [2.05, 4.69) is 27.7 Å². The average Bonchev–Trinajstić information content (AvgIpc) is 2.88. The maximum Gasteiger partial charge on any atom is 0.290 e. The standard InChI is InChI=1S/C26H40N2O6S2/c1-5-17-27(18-6-2)34-35(29)26-15-9-23(10-16-26)21-31-22-32-24-11-13-25(14-12-24)33-36(30)28(19-7-3)20-8-4/h9-16H,5-8,17-22H2,1-4H3/t35-,36+/m0/s1. The van der Waals surface area contributed by atoms with Crippen LogP contribution in [0.15, 0.2) is 53.4 Å². The van der Waals surface area contributed by atoms with E-state index in [0.29, 0.717) is 23.0 Å². The molecule has 0 N–H and O–H groups in total. The van der Waals surface area contributed by atoms with Gasteiger partial charge < -0.3 is 13.7 Å². The molecule has 0 aliphatic rings. The van der Waals surface area contributed by atoms with E-state index in [1.54, 1.807) is 41.5 Å². The number of rotatable bonds is 19. The maximum absolute atomic E-state index is 12.5. The molecule has 0 aromatic heterocycles. The average molecular weight is 541 g/mol. The molecule has 8 nitrogen and oxygen atoms in total. The van der Waals surface area contributed by atoms with Crippen LogP contribution in [0.25, 0.3) is 0 Å². The largest absolute Gasteiger partial charge is 0.468 e. The molecule has 0 unspecified atom stereocenters. The van der Waals surface area contributed by atoms with Crippen LogP contribution in [-0.4, -0.2) is 50.8 Å². The van der Waals surface area contributed by atoms with E-state index in [4.69, 9.17) is 17.9 Å². The van der Waals surface area contributed by atoms with Crippen LogP contribution in [0.4, 0.5) is 0 Å². The van der Waals surface area contributed by atoms with Crippen molar-refractivity contribution in [1.82, 2.24) is 9.37 Å². The Hall–Kier alpha value is -1.82. The third-order valence-electron chi connectivity index (χ3n) is 4.96. The molecule has 2 atom stereocenters. The second-order valence-electron chi connectivity index (χ2n) is 8.19. The molecule has 0 saturated carbocycles. The van der Waals surface area contributed by atoms with Crippen molar-refractivity contribution in [2.45, 2.75) is 64.9 Å². The normalized spacial score (nSPS) is 13.2. The van der Waals surface area contributed by atoms with E-state index in [9.17, 15) is 8.42 Å². The fraction of sp³-hybridized carbons (Fsp3) is 0.538. The zero-order valence-corrected chi connectivity index (χ0v) is 23.5. The van der Waals surface area contributed by atoms with Crippen LogP contribution in [0, 0.1) is 0 Å². The summed E-state index contributed by atoms with van der Waals surface area (Å²) in [5, 5.41) is 1.76. The van der Waals surface area contributed by atoms with Crippen LogP contribution in [0.1, 0.15) is 58.9 Å².